The number of nitrogens with one attached hydrogen (secondary N) is 1. The number of rotatable bonds is 5. The third-order valence-electron chi connectivity index (χ3n) is 4.78. The summed E-state index contributed by atoms with van der Waals surface area (Å²) >= 11 is 0. The first kappa shape index (κ1) is 17.3. The quantitative estimate of drug-likeness (QED) is 0.888. The van der Waals surface area contributed by atoms with Crippen LogP contribution < -0.4 is 10.4 Å². The van der Waals surface area contributed by atoms with E-state index < -0.39 is 0 Å². The number of benzene rings is 2. The minimum Gasteiger partial charge on any atom is -0.329 e. The van der Waals surface area contributed by atoms with Crippen molar-refractivity contribution in [2.75, 3.05) is 11.6 Å². The van der Waals surface area contributed by atoms with Crippen LogP contribution in [0.25, 0.3) is 0 Å². The molecule has 2 aromatic carbocycles. The Labute approximate surface area is 158 Å². The zero-order chi connectivity index (χ0) is 18.8. The van der Waals surface area contributed by atoms with Crippen molar-refractivity contribution < 1.29 is 9.59 Å². The Kier molecular flexibility index (Phi) is 4.62. The summed E-state index contributed by atoms with van der Waals surface area (Å²) in [7, 11) is 0. The number of amides is 2. The van der Waals surface area contributed by atoms with Gasteiger partial charge in [0.2, 0.25) is 5.84 Å². The average Bonchev–Trinajstić information content (AvgIpc) is 3.53. The Morgan fingerprint density at radius 1 is 1.15 bits per heavy atom. The van der Waals surface area contributed by atoms with Crippen LogP contribution in [0.3, 0.4) is 0 Å². The highest BCUT2D eigenvalue weighted by Crippen LogP contribution is 2.29. The van der Waals surface area contributed by atoms with Crippen LogP contribution in [0.15, 0.2) is 59.6 Å². The minimum atomic E-state index is -0.184. The normalized spacial score (nSPS) is 16.6. The van der Waals surface area contributed by atoms with E-state index in [2.05, 4.69) is 10.4 Å². The Hall–Kier alpha value is -3.15. The Morgan fingerprint density at radius 3 is 2.52 bits per heavy atom. The van der Waals surface area contributed by atoms with Crippen molar-refractivity contribution in [3.05, 3.63) is 65.7 Å². The number of hydrogen-bond acceptors (Lipinski definition) is 4. The van der Waals surface area contributed by atoms with Crippen LogP contribution in [-0.4, -0.2) is 35.1 Å². The molecule has 1 aliphatic carbocycles. The highest BCUT2D eigenvalue weighted by molar-refractivity contribution is 6.39. The molecule has 0 aromatic heterocycles. The van der Waals surface area contributed by atoms with E-state index in [0.717, 1.165) is 24.0 Å². The number of carbonyl (C=O) groups is 2. The molecule has 2 aromatic rings. The number of amidine groups is 1. The van der Waals surface area contributed by atoms with Crippen LogP contribution >= 0.6 is 0 Å². The molecular formula is C21H22N4O2. The molecule has 138 valence electrons. The summed E-state index contributed by atoms with van der Waals surface area (Å²) in [5.41, 5.74) is 5.82. The molecule has 0 radical (unpaired) electrons. The molecule has 0 spiro atoms. The molecule has 0 atom stereocenters. The number of anilines is 1. The number of aryl methyl sites for hydroxylation is 1. The van der Waals surface area contributed by atoms with Crippen molar-refractivity contribution in [2.24, 2.45) is 4.99 Å². The summed E-state index contributed by atoms with van der Waals surface area (Å²) in [5, 5.41) is 1.41. The Bertz CT molecular complexity index is 873. The first-order chi connectivity index (χ1) is 13.1. The lowest BCUT2D eigenvalue weighted by atomic mass is 10.2. The maximum absolute atomic E-state index is 13.1. The van der Waals surface area contributed by atoms with Crippen LogP contribution in [0, 0.1) is 6.92 Å². The third kappa shape index (κ3) is 3.84. The van der Waals surface area contributed by atoms with Gasteiger partial charge in [0.15, 0.2) is 0 Å². The van der Waals surface area contributed by atoms with E-state index in [1.807, 2.05) is 66.4 Å². The maximum Gasteiger partial charge on any atom is 0.291 e. The van der Waals surface area contributed by atoms with Gasteiger partial charge >= 0.3 is 0 Å². The molecule has 0 bridgehead atoms. The summed E-state index contributed by atoms with van der Waals surface area (Å²) in [6.45, 7) is 2.50. The van der Waals surface area contributed by atoms with E-state index in [1.165, 1.54) is 5.01 Å². The second-order valence-corrected chi connectivity index (χ2v) is 6.99. The summed E-state index contributed by atoms with van der Waals surface area (Å²) in [6.07, 6.45) is 2.01. The van der Waals surface area contributed by atoms with Gasteiger partial charge in [-0.25, -0.2) is 5.01 Å². The second kappa shape index (κ2) is 7.23. The molecule has 6 heteroatoms. The van der Waals surface area contributed by atoms with Gasteiger partial charge in [-0.1, -0.05) is 48.0 Å². The van der Waals surface area contributed by atoms with Crippen LogP contribution in [0.2, 0.25) is 0 Å². The average molecular weight is 362 g/mol. The van der Waals surface area contributed by atoms with Crippen LogP contribution in [0.4, 0.5) is 5.69 Å². The Morgan fingerprint density at radius 2 is 1.85 bits per heavy atom. The summed E-state index contributed by atoms with van der Waals surface area (Å²) < 4.78 is 0. The molecule has 2 amide bonds. The molecule has 0 saturated heterocycles. The number of hydrogen-bond donors (Lipinski definition) is 1. The molecule has 2 aliphatic rings. The van der Waals surface area contributed by atoms with E-state index in [1.54, 1.807) is 0 Å². The number of carbonyl (C=O) groups excluding carboxylic acids is 2. The van der Waals surface area contributed by atoms with Crippen molar-refractivity contribution in [2.45, 2.75) is 32.4 Å². The highest BCUT2D eigenvalue weighted by Gasteiger charge is 2.36. The predicted octanol–water partition coefficient (Wildman–Crippen LogP) is 2.44. The van der Waals surface area contributed by atoms with Crippen molar-refractivity contribution >= 4 is 23.3 Å². The fourth-order valence-corrected chi connectivity index (χ4v) is 3.11. The molecule has 1 N–H and O–H groups in total. The molecule has 4 rings (SSSR count). The number of hydrazine groups is 1. The topological polar surface area (TPSA) is 65.0 Å². The fraction of sp³-hybridized carbons (Fsp3) is 0.286. The monoisotopic (exact) mass is 362 g/mol. The van der Waals surface area contributed by atoms with Gasteiger partial charge < -0.3 is 4.90 Å². The van der Waals surface area contributed by atoms with Gasteiger partial charge in [0.05, 0.1) is 5.69 Å². The van der Waals surface area contributed by atoms with Gasteiger partial charge in [0, 0.05) is 12.6 Å². The van der Waals surface area contributed by atoms with Crippen molar-refractivity contribution in [1.82, 2.24) is 10.3 Å². The van der Waals surface area contributed by atoms with Gasteiger partial charge in [0.25, 0.3) is 11.8 Å². The summed E-state index contributed by atoms with van der Waals surface area (Å²) in [5.74, 6) is -0.125. The standard InChI is InChI=1S/C21H22N4O2/c1-15-7-9-18(10-8-15)25-19(26)13-22-20(23-25)21(27)24(17-11-12-17)14-16-5-3-2-4-6-16/h2-10,17H,11-14H2,1H3,(H,22,23). The number of aliphatic imine (C=N–C) groups is 1. The first-order valence-corrected chi connectivity index (χ1v) is 9.17. The van der Waals surface area contributed by atoms with E-state index in [9.17, 15) is 9.59 Å². The van der Waals surface area contributed by atoms with Crippen molar-refractivity contribution in [1.29, 1.82) is 0 Å². The molecule has 1 heterocycles. The zero-order valence-corrected chi connectivity index (χ0v) is 15.3. The van der Waals surface area contributed by atoms with Gasteiger partial charge in [0.1, 0.15) is 6.54 Å². The highest BCUT2D eigenvalue weighted by atomic mass is 16.2. The summed E-state index contributed by atoms with van der Waals surface area (Å²) in [6, 6.07) is 17.8. The molecule has 1 saturated carbocycles. The molecule has 27 heavy (non-hydrogen) atoms. The smallest absolute Gasteiger partial charge is 0.291 e. The van der Waals surface area contributed by atoms with E-state index >= 15 is 0 Å². The third-order valence-corrected chi connectivity index (χ3v) is 4.78. The van der Waals surface area contributed by atoms with E-state index in [0.29, 0.717) is 12.2 Å². The molecule has 1 aliphatic heterocycles. The maximum atomic E-state index is 13.1. The van der Waals surface area contributed by atoms with Crippen molar-refractivity contribution in [3.8, 4) is 0 Å². The zero-order valence-electron chi connectivity index (χ0n) is 15.3. The lowest BCUT2D eigenvalue weighted by Crippen LogP contribution is -2.56. The minimum absolute atomic E-state index is 0.0359. The summed E-state index contributed by atoms with van der Waals surface area (Å²) in [4.78, 5) is 31.5. The molecule has 0 unspecified atom stereocenters. The van der Waals surface area contributed by atoms with Crippen molar-refractivity contribution in [3.63, 3.8) is 0 Å². The fourth-order valence-electron chi connectivity index (χ4n) is 3.11. The van der Waals surface area contributed by atoms with Gasteiger partial charge in [-0.05, 0) is 37.5 Å². The SMILES string of the molecule is Cc1ccc(N2NC(C(=O)N(Cc3ccccc3)C3CC3)=NCC2=O)cc1. The molecular weight excluding hydrogens is 340 g/mol. The van der Waals surface area contributed by atoms with Gasteiger partial charge in [-0.2, -0.15) is 0 Å². The van der Waals surface area contributed by atoms with Gasteiger partial charge in [-0.3, -0.25) is 20.0 Å². The van der Waals surface area contributed by atoms with E-state index in [-0.39, 0.29) is 30.2 Å². The molecule has 1 fully saturated rings. The lowest BCUT2D eigenvalue weighted by molar-refractivity contribution is -0.125. The molecule has 6 nitrogen and oxygen atoms in total. The predicted molar refractivity (Wildman–Crippen MR) is 104 cm³/mol. The van der Waals surface area contributed by atoms with Crippen LogP contribution in [0.1, 0.15) is 24.0 Å². The van der Waals surface area contributed by atoms with Crippen LogP contribution in [0.5, 0.6) is 0 Å². The Balaban J connectivity index is 1.53. The van der Waals surface area contributed by atoms with Crippen LogP contribution in [-0.2, 0) is 16.1 Å². The second-order valence-electron chi connectivity index (χ2n) is 6.99. The lowest BCUT2D eigenvalue weighted by Gasteiger charge is -2.30. The van der Waals surface area contributed by atoms with E-state index in [4.69, 9.17) is 0 Å². The largest absolute Gasteiger partial charge is 0.329 e. The van der Waals surface area contributed by atoms with Gasteiger partial charge in [-0.15, -0.1) is 0 Å². The number of nitrogens with zero attached hydrogens (tertiary/aromatic N) is 3. The first-order valence-electron chi connectivity index (χ1n) is 9.17.